The van der Waals surface area contributed by atoms with E-state index in [0.717, 1.165) is 11.4 Å². The first-order valence-electron chi connectivity index (χ1n) is 7.06. The third kappa shape index (κ3) is 5.04. The van der Waals surface area contributed by atoms with Crippen LogP contribution in [0, 0.1) is 6.92 Å². The van der Waals surface area contributed by atoms with Crippen LogP contribution in [0.5, 0.6) is 0 Å². The van der Waals surface area contributed by atoms with E-state index < -0.39 is 11.7 Å². The van der Waals surface area contributed by atoms with Crippen molar-refractivity contribution in [1.82, 2.24) is 4.98 Å². The number of thiazole rings is 1. The highest BCUT2D eigenvalue weighted by Gasteiger charge is 2.16. The molecule has 1 aromatic carbocycles. The summed E-state index contributed by atoms with van der Waals surface area (Å²) >= 11 is 1.63. The van der Waals surface area contributed by atoms with Crippen LogP contribution in [0.2, 0.25) is 0 Å². The van der Waals surface area contributed by atoms with Crippen LogP contribution in [-0.2, 0) is 11.3 Å². The number of amides is 1. The van der Waals surface area contributed by atoms with Gasteiger partial charge in [0.2, 0.25) is 0 Å². The first-order valence-corrected chi connectivity index (χ1v) is 7.94. The molecule has 0 spiro atoms. The summed E-state index contributed by atoms with van der Waals surface area (Å²) in [6.07, 6.45) is -0.456. The van der Waals surface area contributed by atoms with E-state index >= 15 is 0 Å². The fourth-order valence-corrected chi connectivity index (χ4v) is 2.52. The molecule has 0 radical (unpaired) electrons. The fourth-order valence-electron chi connectivity index (χ4n) is 1.81. The van der Waals surface area contributed by atoms with Crippen molar-refractivity contribution >= 4 is 28.8 Å². The first-order chi connectivity index (χ1) is 10.3. The Bertz CT molecular complexity index is 647. The Balaban J connectivity index is 1.95. The van der Waals surface area contributed by atoms with Gasteiger partial charge in [0.25, 0.3) is 0 Å². The molecule has 0 saturated heterocycles. The summed E-state index contributed by atoms with van der Waals surface area (Å²) in [4.78, 5) is 17.2. The lowest BCUT2D eigenvalue weighted by molar-refractivity contribution is 0.0636. The third-order valence-corrected chi connectivity index (χ3v) is 3.74. The second-order valence-corrected chi connectivity index (χ2v) is 6.86. The summed E-state index contributed by atoms with van der Waals surface area (Å²) in [6.45, 7) is 8.21. The van der Waals surface area contributed by atoms with E-state index in [-0.39, 0.29) is 0 Å². The van der Waals surface area contributed by atoms with Crippen LogP contribution in [0.3, 0.4) is 0 Å². The van der Waals surface area contributed by atoms with Crippen molar-refractivity contribution in [2.45, 2.75) is 39.8 Å². The predicted molar refractivity (Wildman–Crippen MR) is 90.5 cm³/mol. The molecule has 0 aliphatic rings. The SMILES string of the molecule is Cc1ncsc1CNc1cccc(NC(=O)OC(C)(C)C)c1. The number of rotatable bonds is 4. The van der Waals surface area contributed by atoms with Crippen LogP contribution in [0.15, 0.2) is 29.8 Å². The maximum Gasteiger partial charge on any atom is 0.412 e. The number of carbonyl (C=O) groups excluding carboxylic acids is 1. The average Bonchev–Trinajstić information content (AvgIpc) is 2.80. The van der Waals surface area contributed by atoms with Gasteiger partial charge >= 0.3 is 6.09 Å². The van der Waals surface area contributed by atoms with Crippen molar-refractivity contribution in [2.24, 2.45) is 0 Å². The molecule has 0 atom stereocenters. The zero-order valence-corrected chi connectivity index (χ0v) is 14.1. The number of aryl methyl sites for hydroxylation is 1. The molecule has 0 bridgehead atoms. The normalized spacial score (nSPS) is 11.1. The van der Waals surface area contributed by atoms with E-state index in [1.165, 1.54) is 4.88 Å². The molecule has 0 aliphatic carbocycles. The van der Waals surface area contributed by atoms with Gasteiger partial charge in [-0.25, -0.2) is 9.78 Å². The maximum atomic E-state index is 11.8. The van der Waals surface area contributed by atoms with Gasteiger partial charge in [0, 0.05) is 16.3 Å². The van der Waals surface area contributed by atoms with Crippen LogP contribution in [0.1, 0.15) is 31.3 Å². The van der Waals surface area contributed by atoms with Crippen molar-refractivity contribution in [3.05, 3.63) is 40.3 Å². The minimum absolute atomic E-state index is 0.456. The van der Waals surface area contributed by atoms with Gasteiger partial charge in [-0.05, 0) is 45.9 Å². The van der Waals surface area contributed by atoms with Crippen LogP contribution >= 0.6 is 11.3 Å². The van der Waals surface area contributed by atoms with Crippen LogP contribution < -0.4 is 10.6 Å². The van der Waals surface area contributed by atoms with Gasteiger partial charge in [-0.3, -0.25) is 5.32 Å². The van der Waals surface area contributed by atoms with E-state index in [4.69, 9.17) is 4.74 Å². The third-order valence-electron chi connectivity index (χ3n) is 2.81. The second-order valence-electron chi connectivity index (χ2n) is 5.92. The molecule has 118 valence electrons. The number of hydrogen-bond donors (Lipinski definition) is 2. The van der Waals surface area contributed by atoms with Crippen molar-refractivity contribution in [3.8, 4) is 0 Å². The van der Waals surface area contributed by atoms with Gasteiger partial charge < -0.3 is 10.1 Å². The summed E-state index contributed by atoms with van der Waals surface area (Å²) in [5, 5.41) is 6.06. The summed E-state index contributed by atoms with van der Waals surface area (Å²) in [5.41, 5.74) is 4.00. The quantitative estimate of drug-likeness (QED) is 0.876. The van der Waals surface area contributed by atoms with Crippen molar-refractivity contribution < 1.29 is 9.53 Å². The lowest BCUT2D eigenvalue weighted by atomic mass is 10.2. The molecule has 0 fully saturated rings. The minimum atomic E-state index is -0.510. The van der Waals surface area contributed by atoms with Gasteiger partial charge in [0.15, 0.2) is 0 Å². The highest BCUT2D eigenvalue weighted by Crippen LogP contribution is 2.19. The Morgan fingerprint density at radius 3 is 2.68 bits per heavy atom. The van der Waals surface area contributed by atoms with E-state index in [2.05, 4.69) is 15.6 Å². The molecular weight excluding hydrogens is 298 g/mol. The minimum Gasteiger partial charge on any atom is -0.444 e. The fraction of sp³-hybridized carbons (Fsp3) is 0.375. The molecule has 1 heterocycles. The Hall–Kier alpha value is -2.08. The zero-order chi connectivity index (χ0) is 16.2. The van der Waals surface area contributed by atoms with Crippen LogP contribution in [0.4, 0.5) is 16.2 Å². The summed E-state index contributed by atoms with van der Waals surface area (Å²) in [6, 6.07) is 7.54. The Labute approximate surface area is 134 Å². The molecular formula is C16H21N3O2S. The van der Waals surface area contributed by atoms with Crippen LogP contribution in [-0.4, -0.2) is 16.7 Å². The molecule has 2 aromatic rings. The smallest absolute Gasteiger partial charge is 0.412 e. The second kappa shape index (κ2) is 6.79. The van der Waals surface area contributed by atoms with Gasteiger partial charge in [-0.1, -0.05) is 6.07 Å². The standard InChI is InChI=1S/C16H21N3O2S/c1-11-14(22-10-18-11)9-17-12-6-5-7-13(8-12)19-15(20)21-16(2,3)4/h5-8,10,17H,9H2,1-4H3,(H,19,20). The zero-order valence-electron chi connectivity index (χ0n) is 13.3. The monoisotopic (exact) mass is 319 g/mol. The first kappa shape index (κ1) is 16.3. The highest BCUT2D eigenvalue weighted by molar-refractivity contribution is 7.09. The summed E-state index contributed by atoms with van der Waals surface area (Å²) < 4.78 is 5.24. The van der Waals surface area contributed by atoms with Gasteiger partial charge in [0.05, 0.1) is 17.7 Å². The van der Waals surface area contributed by atoms with E-state index in [0.29, 0.717) is 12.2 Å². The van der Waals surface area contributed by atoms with Crippen molar-refractivity contribution in [2.75, 3.05) is 10.6 Å². The van der Waals surface area contributed by atoms with Gasteiger partial charge in [-0.15, -0.1) is 11.3 Å². The van der Waals surface area contributed by atoms with Crippen LogP contribution in [0.25, 0.3) is 0 Å². The number of nitrogens with zero attached hydrogens (tertiary/aromatic N) is 1. The molecule has 6 heteroatoms. The Morgan fingerprint density at radius 1 is 1.32 bits per heavy atom. The van der Waals surface area contributed by atoms with Gasteiger partial charge in [0.1, 0.15) is 5.60 Å². The van der Waals surface area contributed by atoms with Gasteiger partial charge in [-0.2, -0.15) is 0 Å². The Kier molecular flexibility index (Phi) is 5.03. The number of benzene rings is 1. The molecule has 22 heavy (non-hydrogen) atoms. The summed E-state index contributed by atoms with van der Waals surface area (Å²) in [7, 11) is 0. The van der Waals surface area contributed by atoms with E-state index in [1.807, 2.05) is 57.5 Å². The number of nitrogens with one attached hydrogen (secondary N) is 2. The topological polar surface area (TPSA) is 63.2 Å². The van der Waals surface area contributed by atoms with E-state index in [9.17, 15) is 4.79 Å². The van der Waals surface area contributed by atoms with Crippen molar-refractivity contribution in [1.29, 1.82) is 0 Å². The highest BCUT2D eigenvalue weighted by atomic mass is 32.1. The Morgan fingerprint density at radius 2 is 2.05 bits per heavy atom. The number of aromatic nitrogens is 1. The molecule has 0 aliphatic heterocycles. The lowest BCUT2D eigenvalue weighted by Crippen LogP contribution is -2.27. The van der Waals surface area contributed by atoms with Crippen molar-refractivity contribution in [3.63, 3.8) is 0 Å². The predicted octanol–water partition coefficient (Wildman–Crippen LogP) is 4.41. The maximum absolute atomic E-state index is 11.8. The number of carbonyl (C=O) groups is 1. The average molecular weight is 319 g/mol. The molecule has 1 aromatic heterocycles. The largest absolute Gasteiger partial charge is 0.444 e. The molecule has 2 N–H and O–H groups in total. The number of ether oxygens (including phenoxy) is 1. The molecule has 2 rings (SSSR count). The molecule has 1 amide bonds. The number of hydrogen-bond acceptors (Lipinski definition) is 5. The van der Waals surface area contributed by atoms with E-state index in [1.54, 1.807) is 11.3 Å². The lowest BCUT2D eigenvalue weighted by Gasteiger charge is -2.19. The molecule has 5 nitrogen and oxygen atoms in total. The molecule has 0 saturated carbocycles. The molecule has 0 unspecified atom stereocenters. The summed E-state index contributed by atoms with van der Waals surface area (Å²) in [5.74, 6) is 0. The number of anilines is 2.